The van der Waals surface area contributed by atoms with E-state index in [1.165, 1.54) is 19.9 Å². The Morgan fingerprint density at radius 1 is 1.32 bits per heavy atom. The zero-order chi connectivity index (χ0) is 20.3. The Bertz CT molecular complexity index is 858. The van der Waals surface area contributed by atoms with Crippen LogP contribution < -0.4 is 4.90 Å². The molecule has 1 aromatic carbocycles. The van der Waals surface area contributed by atoms with Crippen LogP contribution in [0.4, 0.5) is 14.5 Å². The minimum absolute atomic E-state index is 0.0231. The molecule has 1 atom stereocenters. The summed E-state index contributed by atoms with van der Waals surface area (Å²) in [6.07, 6.45) is 1.75. The van der Waals surface area contributed by atoms with Crippen LogP contribution in [-0.2, 0) is 13.0 Å². The maximum absolute atomic E-state index is 14.5. The smallest absolute Gasteiger partial charge is 0.143 e. The highest BCUT2D eigenvalue weighted by molar-refractivity contribution is 5.62. The molecule has 28 heavy (non-hydrogen) atoms. The summed E-state index contributed by atoms with van der Waals surface area (Å²) >= 11 is 0. The monoisotopic (exact) mass is 385 g/mol. The fourth-order valence-corrected chi connectivity index (χ4v) is 3.67. The van der Waals surface area contributed by atoms with Crippen molar-refractivity contribution in [2.75, 3.05) is 24.5 Å². The van der Waals surface area contributed by atoms with Gasteiger partial charge in [-0.25, -0.2) is 8.78 Å². The summed E-state index contributed by atoms with van der Waals surface area (Å²) in [7, 11) is 0. The van der Waals surface area contributed by atoms with Crippen molar-refractivity contribution < 1.29 is 8.78 Å². The molecule has 5 nitrogen and oxygen atoms in total. The number of aromatic nitrogens is 2. The molecule has 0 unspecified atom stereocenters. The van der Waals surface area contributed by atoms with Gasteiger partial charge in [-0.1, -0.05) is 0 Å². The average molecular weight is 385 g/mol. The number of piperazine rings is 1. The number of hydrogen-bond acceptors (Lipinski definition) is 5. The Labute approximate surface area is 164 Å². The lowest BCUT2D eigenvalue weighted by Crippen LogP contribution is -2.51. The molecule has 0 spiro atoms. The molecule has 148 valence electrons. The van der Waals surface area contributed by atoms with Crippen LogP contribution in [0.15, 0.2) is 30.5 Å². The molecule has 0 aliphatic carbocycles. The van der Waals surface area contributed by atoms with Gasteiger partial charge in [0.05, 0.1) is 11.4 Å². The van der Waals surface area contributed by atoms with Crippen molar-refractivity contribution in [2.24, 2.45) is 0 Å². The molecule has 1 saturated heterocycles. The summed E-state index contributed by atoms with van der Waals surface area (Å²) in [5.74, 6) is -0.589. The van der Waals surface area contributed by atoms with E-state index in [4.69, 9.17) is 0 Å². The highest BCUT2D eigenvalue weighted by Gasteiger charge is 2.27. The Morgan fingerprint density at radius 2 is 2.11 bits per heavy atom. The number of benzene rings is 1. The van der Waals surface area contributed by atoms with Gasteiger partial charge in [0, 0.05) is 44.8 Å². The topological polar surface area (TPSA) is 56.1 Å². The first-order valence-corrected chi connectivity index (χ1v) is 9.44. The van der Waals surface area contributed by atoms with Gasteiger partial charge in [-0.2, -0.15) is 15.5 Å². The Hall–Kier alpha value is -2.59. The predicted octanol–water partition coefficient (Wildman–Crippen LogP) is 3.49. The molecular formula is C21H25F2N5. The van der Waals surface area contributed by atoms with Gasteiger partial charge >= 0.3 is 0 Å². The Kier molecular flexibility index (Phi) is 5.90. The third-order valence-corrected chi connectivity index (χ3v) is 4.96. The highest BCUT2D eigenvalue weighted by atomic mass is 19.1. The van der Waals surface area contributed by atoms with Gasteiger partial charge in [0.1, 0.15) is 23.1 Å². The first-order valence-electron chi connectivity index (χ1n) is 9.44. The second-order valence-electron chi connectivity index (χ2n) is 7.96. The fourth-order valence-electron chi connectivity index (χ4n) is 3.67. The lowest BCUT2D eigenvalue weighted by molar-refractivity contribution is 0.178. The zero-order valence-electron chi connectivity index (χ0n) is 16.5. The third-order valence-electron chi connectivity index (χ3n) is 4.96. The van der Waals surface area contributed by atoms with Crippen LogP contribution in [0.5, 0.6) is 0 Å². The zero-order valence-corrected chi connectivity index (χ0v) is 16.5. The molecular weight excluding hydrogens is 360 g/mol. The molecule has 0 bridgehead atoms. The van der Waals surface area contributed by atoms with E-state index in [0.717, 1.165) is 12.2 Å². The van der Waals surface area contributed by atoms with E-state index in [0.29, 0.717) is 30.9 Å². The molecule has 0 saturated carbocycles. The summed E-state index contributed by atoms with van der Waals surface area (Å²) in [5, 5.41) is 17.5. The van der Waals surface area contributed by atoms with Crippen molar-refractivity contribution in [3.63, 3.8) is 0 Å². The SMILES string of the molecule is C[C@H]1CN(c2cc(CC(C)(C)F)cc(F)c2C#N)CCN1Cc1cccnn1. The Balaban J connectivity index is 1.79. The molecule has 2 heterocycles. The number of nitrogens with zero attached hydrogens (tertiary/aromatic N) is 5. The van der Waals surface area contributed by atoms with Crippen LogP contribution in [0, 0.1) is 17.1 Å². The maximum atomic E-state index is 14.5. The summed E-state index contributed by atoms with van der Waals surface area (Å²) in [6, 6.07) is 9.00. The molecule has 1 aromatic heterocycles. The predicted molar refractivity (Wildman–Crippen MR) is 104 cm³/mol. The molecule has 3 rings (SSSR count). The van der Waals surface area contributed by atoms with Crippen molar-refractivity contribution in [3.05, 3.63) is 53.1 Å². The number of hydrogen-bond donors (Lipinski definition) is 0. The van der Waals surface area contributed by atoms with Gasteiger partial charge in [0.25, 0.3) is 0 Å². The molecule has 1 aliphatic heterocycles. The standard InChI is InChI=1S/C21H25F2N5/c1-15-13-28(8-7-27(15)14-17-5-4-6-25-26-17)20-10-16(11-21(2,3)23)9-19(22)18(20)12-24/h4-6,9-10,15H,7-8,11,13-14H2,1-3H3/t15-/m0/s1. The number of rotatable bonds is 5. The quantitative estimate of drug-likeness (QED) is 0.789. The second kappa shape index (κ2) is 8.19. The van der Waals surface area contributed by atoms with Gasteiger partial charge in [-0.15, -0.1) is 0 Å². The summed E-state index contributed by atoms with van der Waals surface area (Å²) in [6.45, 7) is 7.78. The first-order chi connectivity index (χ1) is 13.3. The van der Waals surface area contributed by atoms with E-state index in [-0.39, 0.29) is 18.0 Å². The lowest BCUT2D eigenvalue weighted by Gasteiger charge is -2.41. The average Bonchev–Trinajstić information content (AvgIpc) is 2.62. The van der Waals surface area contributed by atoms with Gasteiger partial charge in [0.2, 0.25) is 0 Å². The minimum Gasteiger partial charge on any atom is -0.368 e. The van der Waals surface area contributed by atoms with Crippen LogP contribution in [0.2, 0.25) is 0 Å². The van der Waals surface area contributed by atoms with Crippen molar-refractivity contribution in [3.8, 4) is 6.07 Å². The van der Waals surface area contributed by atoms with E-state index in [1.807, 2.05) is 23.1 Å². The summed E-state index contributed by atoms with van der Waals surface area (Å²) in [5.41, 5.74) is 0.593. The van der Waals surface area contributed by atoms with E-state index < -0.39 is 11.5 Å². The van der Waals surface area contributed by atoms with Gasteiger partial charge in [-0.3, -0.25) is 4.90 Å². The molecule has 0 radical (unpaired) electrons. The largest absolute Gasteiger partial charge is 0.368 e. The van der Waals surface area contributed by atoms with Crippen LogP contribution >= 0.6 is 0 Å². The summed E-state index contributed by atoms with van der Waals surface area (Å²) in [4.78, 5) is 4.31. The van der Waals surface area contributed by atoms with Gasteiger partial charge in [0.15, 0.2) is 0 Å². The van der Waals surface area contributed by atoms with Crippen molar-refractivity contribution in [2.45, 2.75) is 45.4 Å². The molecule has 2 aromatic rings. The molecule has 1 fully saturated rings. The summed E-state index contributed by atoms with van der Waals surface area (Å²) < 4.78 is 28.6. The van der Waals surface area contributed by atoms with Gasteiger partial charge in [-0.05, 0) is 50.6 Å². The second-order valence-corrected chi connectivity index (χ2v) is 7.96. The van der Waals surface area contributed by atoms with Crippen molar-refractivity contribution in [1.29, 1.82) is 5.26 Å². The van der Waals surface area contributed by atoms with Crippen molar-refractivity contribution in [1.82, 2.24) is 15.1 Å². The number of anilines is 1. The van der Waals surface area contributed by atoms with Gasteiger partial charge < -0.3 is 4.90 Å². The first kappa shape index (κ1) is 20.2. The maximum Gasteiger partial charge on any atom is 0.143 e. The Morgan fingerprint density at radius 3 is 2.71 bits per heavy atom. The van der Waals surface area contributed by atoms with E-state index in [9.17, 15) is 14.0 Å². The van der Waals surface area contributed by atoms with Crippen LogP contribution in [0.3, 0.4) is 0 Å². The van der Waals surface area contributed by atoms with Crippen LogP contribution in [-0.4, -0.2) is 46.4 Å². The molecule has 1 aliphatic rings. The number of halogens is 2. The number of alkyl halides is 1. The van der Waals surface area contributed by atoms with E-state index >= 15 is 0 Å². The number of nitriles is 1. The fraction of sp³-hybridized carbons (Fsp3) is 0.476. The van der Waals surface area contributed by atoms with Crippen LogP contribution in [0.25, 0.3) is 0 Å². The van der Waals surface area contributed by atoms with Crippen molar-refractivity contribution >= 4 is 5.69 Å². The van der Waals surface area contributed by atoms with E-state index in [2.05, 4.69) is 22.0 Å². The lowest BCUT2D eigenvalue weighted by atomic mass is 9.97. The van der Waals surface area contributed by atoms with Crippen LogP contribution in [0.1, 0.15) is 37.6 Å². The molecule has 0 amide bonds. The highest BCUT2D eigenvalue weighted by Crippen LogP contribution is 2.29. The third kappa shape index (κ3) is 4.82. The minimum atomic E-state index is -1.44. The molecule has 0 N–H and O–H groups in total. The van der Waals surface area contributed by atoms with E-state index in [1.54, 1.807) is 12.3 Å². The normalized spacial score (nSPS) is 18.1. The molecule has 7 heteroatoms.